The molecule has 5 rings (SSSR count). The Labute approximate surface area is 120 Å². The third-order valence-electron chi connectivity index (χ3n) is 6.42. The second-order valence-electron chi connectivity index (χ2n) is 8.06. The van der Waals surface area contributed by atoms with Gasteiger partial charge in [-0.3, -0.25) is 4.79 Å². The molecular weight excluding hydrogens is 252 g/mol. The molecule has 5 aliphatic rings. The number of rotatable bonds is 2. The molecule has 3 unspecified atom stereocenters. The van der Waals surface area contributed by atoms with Crippen LogP contribution in [0.3, 0.4) is 0 Å². The number of nitrogens with zero attached hydrogens (tertiary/aromatic N) is 1. The fraction of sp³-hybridized carbons (Fsp3) is 0.938. The Bertz CT molecular complexity index is 416. The van der Waals surface area contributed by atoms with Gasteiger partial charge in [0, 0.05) is 13.1 Å². The van der Waals surface area contributed by atoms with Gasteiger partial charge in [0.25, 0.3) is 0 Å². The van der Waals surface area contributed by atoms with Crippen LogP contribution in [0.1, 0.15) is 51.4 Å². The molecule has 4 saturated carbocycles. The van der Waals surface area contributed by atoms with Gasteiger partial charge >= 0.3 is 0 Å². The van der Waals surface area contributed by atoms with Crippen molar-refractivity contribution in [1.29, 1.82) is 0 Å². The molecule has 3 N–H and O–H groups in total. The number of hydrogen-bond donors (Lipinski definition) is 2. The van der Waals surface area contributed by atoms with Crippen molar-refractivity contribution in [3.05, 3.63) is 0 Å². The summed E-state index contributed by atoms with van der Waals surface area (Å²) in [6.45, 7) is 1.75. The number of aliphatic hydroxyl groups is 1. The van der Waals surface area contributed by atoms with E-state index < -0.39 is 11.6 Å². The van der Waals surface area contributed by atoms with Gasteiger partial charge in [-0.25, -0.2) is 0 Å². The highest BCUT2D eigenvalue weighted by molar-refractivity contribution is 5.83. The predicted octanol–water partition coefficient (Wildman–Crippen LogP) is 1.27. The van der Waals surface area contributed by atoms with Crippen molar-refractivity contribution < 1.29 is 9.90 Å². The van der Waals surface area contributed by atoms with Gasteiger partial charge in [0.2, 0.25) is 5.91 Å². The van der Waals surface area contributed by atoms with Gasteiger partial charge in [-0.1, -0.05) is 0 Å². The summed E-state index contributed by atoms with van der Waals surface area (Å²) in [5, 5.41) is 10.8. The number of amides is 1. The Morgan fingerprint density at radius 1 is 1.15 bits per heavy atom. The van der Waals surface area contributed by atoms with Gasteiger partial charge in [-0.2, -0.15) is 0 Å². The van der Waals surface area contributed by atoms with E-state index in [9.17, 15) is 9.90 Å². The minimum Gasteiger partial charge on any atom is -0.390 e. The lowest BCUT2D eigenvalue weighted by Crippen LogP contribution is -2.64. The number of likely N-dealkylation sites (tertiary alicyclic amines) is 1. The van der Waals surface area contributed by atoms with Crippen LogP contribution in [-0.2, 0) is 4.79 Å². The molecule has 1 aliphatic heterocycles. The normalized spacial score (nSPS) is 47.8. The molecule has 1 amide bonds. The van der Waals surface area contributed by atoms with Crippen LogP contribution in [-0.4, -0.2) is 40.6 Å². The molecule has 1 saturated heterocycles. The molecule has 4 nitrogen and oxygen atoms in total. The lowest BCUT2D eigenvalue weighted by Gasteiger charge is -2.61. The van der Waals surface area contributed by atoms with Gasteiger partial charge in [0.05, 0.1) is 11.6 Å². The third-order valence-corrected chi connectivity index (χ3v) is 6.42. The molecule has 0 aromatic carbocycles. The molecule has 4 bridgehead atoms. The molecule has 0 aromatic rings. The number of hydrogen-bond acceptors (Lipinski definition) is 3. The molecule has 5 fully saturated rings. The summed E-state index contributed by atoms with van der Waals surface area (Å²) in [6.07, 6.45) is 8.23. The van der Waals surface area contributed by atoms with E-state index in [1.165, 1.54) is 6.42 Å². The van der Waals surface area contributed by atoms with Crippen LogP contribution in [0.25, 0.3) is 0 Å². The van der Waals surface area contributed by atoms with Crippen LogP contribution in [0.4, 0.5) is 0 Å². The van der Waals surface area contributed by atoms with E-state index in [-0.39, 0.29) is 11.3 Å². The topological polar surface area (TPSA) is 66.6 Å². The predicted molar refractivity (Wildman–Crippen MR) is 75.9 cm³/mol. The van der Waals surface area contributed by atoms with Crippen LogP contribution in [0.15, 0.2) is 0 Å². The maximum absolute atomic E-state index is 12.7. The van der Waals surface area contributed by atoms with Crippen LogP contribution in [0.5, 0.6) is 0 Å². The van der Waals surface area contributed by atoms with Crippen LogP contribution < -0.4 is 5.73 Å². The van der Waals surface area contributed by atoms with Crippen LogP contribution in [0.2, 0.25) is 0 Å². The number of carbonyl (C=O) groups excluding carboxylic acids is 1. The number of nitrogens with two attached hydrogens (primary N) is 1. The summed E-state index contributed by atoms with van der Waals surface area (Å²) in [6, 6.07) is -0.391. The molecular formula is C16H26N2O2. The van der Waals surface area contributed by atoms with Crippen molar-refractivity contribution in [1.82, 2.24) is 4.90 Å². The Morgan fingerprint density at radius 2 is 1.75 bits per heavy atom. The molecule has 4 aliphatic carbocycles. The zero-order chi connectivity index (χ0) is 14.0. The van der Waals surface area contributed by atoms with Gasteiger partial charge in [-0.05, 0) is 68.6 Å². The fourth-order valence-electron chi connectivity index (χ4n) is 6.04. The molecule has 0 spiro atoms. The van der Waals surface area contributed by atoms with E-state index in [0.29, 0.717) is 11.8 Å². The minimum absolute atomic E-state index is 0.113. The smallest absolute Gasteiger partial charge is 0.240 e. The second-order valence-corrected chi connectivity index (χ2v) is 8.06. The van der Waals surface area contributed by atoms with Crippen LogP contribution in [0, 0.1) is 17.3 Å². The molecule has 0 aromatic heterocycles. The van der Waals surface area contributed by atoms with Gasteiger partial charge in [0.15, 0.2) is 0 Å². The Kier molecular flexibility index (Phi) is 2.75. The standard InChI is InChI=1S/C16H26N2O2/c17-13(14(19)18-3-1-2-4-18)15-6-11-5-12(7-15)9-16(20,8-11)10-15/h11-13,20H,1-10,17H2. The molecule has 3 atom stereocenters. The first kappa shape index (κ1) is 13.1. The van der Waals surface area contributed by atoms with E-state index in [1.807, 2.05) is 4.90 Å². The molecule has 0 radical (unpaired) electrons. The Hall–Kier alpha value is -0.610. The Balaban J connectivity index is 1.59. The van der Waals surface area contributed by atoms with E-state index in [4.69, 9.17) is 5.73 Å². The van der Waals surface area contributed by atoms with E-state index in [2.05, 4.69) is 0 Å². The van der Waals surface area contributed by atoms with Crippen molar-refractivity contribution in [3.63, 3.8) is 0 Å². The minimum atomic E-state index is -0.521. The highest BCUT2D eigenvalue weighted by Crippen LogP contribution is 2.62. The van der Waals surface area contributed by atoms with E-state index in [1.54, 1.807) is 0 Å². The largest absolute Gasteiger partial charge is 0.390 e. The van der Waals surface area contributed by atoms with Gasteiger partial charge in [-0.15, -0.1) is 0 Å². The van der Waals surface area contributed by atoms with Crippen molar-refractivity contribution in [3.8, 4) is 0 Å². The Morgan fingerprint density at radius 3 is 2.30 bits per heavy atom. The highest BCUT2D eigenvalue weighted by Gasteiger charge is 2.60. The first-order chi connectivity index (χ1) is 9.50. The fourth-order valence-corrected chi connectivity index (χ4v) is 6.04. The first-order valence-corrected chi connectivity index (χ1v) is 8.27. The molecule has 4 heteroatoms. The van der Waals surface area contributed by atoms with E-state index in [0.717, 1.165) is 58.0 Å². The quantitative estimate of drug-likeness (QED) is 0.799. The third kappa shape index (κ3) is 1.84. The number of carbonyl (C=O) groups is 1. The molecule has 112 valence electrons. The maximum atomic E-state index is 12.7. The summed E-state index contributed by atoms with van der Waals surface area (Å²) >= 11 is 0. The summed E-state index contributed by atoms with van der Waals surface area (Å²) < 4.78 is 0. The average Bonchev–Trinajstić information content (AvgIpc) is 2.87. The summed E-state index contributed by atoms with van der Waals surface area (Å²) in [7, 11) is 0. The van der Waals surface area contributed by atoms with Crippen molar-refractivity contribution in [2.75, 3.05) is 13.1 Å². The monoisotopic (exact) mass is 278 g/mol. The van der Waals surface area contributed by atoms with Gasteiger partial charge < -0.3 is 15.7 Å². The van der Waals surface area contributed by atoms with Gasteiger partial charge in [0.1, 0.15) is 0 Å². The van der Waals surface area contributed by atoms with Crippen LogP contribution >= 0.6 is 0 Å². The van der Waals surface area contributed by atoms with Crippen molar-refractivity contribution >= 4 is 5.91 Å². The SMILES string of the molecule is NC(C(=O)N1CCCC1)C12CC3CC(CC(O)(C3)C1)C2. The zero-order valence-corrected chi connectivity index (χ0v) is 12.2. The highest BCUT2D eigenvalue weighted by atomic mass is 16.3. The average molecular weight is 278 g/mol. The lowest BCUT2D eigenvalue weighted by molar-refractivity contribution is -0.176. The molecule has 1 heterocycles. The summed E-state index contributed by atoms with van der Waals surface area (Å²) in [4.78, 5) is 14.6. The summed E-state index contributed by atoms with van der Waals surface area (Å²) in [5.74, 6) is 1.34. The molecule has 20 heavy (non-hydrogen) atoms. The van der Waals surface area contributed by atoms with Crippen molar-refractivity contribution in [2.24, 2.45) is 23.0 Å². The summed E-state index contributed by atoms with van der Waals surface area (Å²) in [5.41, 5.74) is 5.82. The van der Waals surface area contributed by atoms with Crippen molar-refractivity contribution in [2.45, 2.75) is 63.0 Å². The zero-order valence-electron chi connectivity index (χ0n) is 12.2. The lowest BCUT2D eigenvalue weighted by atomic mass is 9.46. The van der Waals surface area contributed by atoms with E-state index >= 15 is 0 Å². The first-order valence-electron chi connectivity index (χ1n) is 8.27. The maximum Gasteiger partial charge on any atom is 0.240 e. The second kappa shape index (κ2) is 4.20.